The summed E-state index contributed by atoms with van der Waals surface area (Å²) >= 11 is 0. The topological polar surface area (TPSA) is 90.1 Å². The largest absolute Gasteiger partial charge is 0.495 e. The molecule has 0 aliphatic carbocycles. The predicted octanol–water partition coefficient (Wildman–Crippen LogP) is 1.69. The number of amides is 1. The number of nitrogens with one attached hydrogen (secondary N) is 1. The summed E-state index contributed by atoms with van der Waals surface area (Å²) < 4.78 is 5.19. The fourth-order valence-corrected chi connectivity index (χ4v) is 1.68. The van der Waals surface area contributed by atoms with Crippen molar-refractivity contribution in [1.82, 2.24) is 9.97 Å². The Bertz CT molecular complexity index is 613. The van der Waals surface area contributed by atoms with E-state index in [1.165, 1.54) is 13.3 Å². The lowest BCUT2D eigenvalue weighted by Crippen LogP contribution is -2.07. The first kappa shape index (κ1) is 12.8. The van der Waals surface area contributed by atoms with Crippen molar-refractivity contribution in [3.05, 3.63) is 30.6 Å². The molecular formula is C13H14N4O2. The number of methoxy groups -OCH3 is 1. The van der Waals surface area contributed by atoms with Gasteiger partial charge in [-0.2, -0.15) is 0 Å². The molecule has 0 aliphatic rings. The van der Waals surface area contributed by atoms with Crippen LogP contribution < -0.4 is 15.8 Å². The second-order valence-corrected chi connectivity index (χ2v) is 3.92. The smallest absolute Gasteiger partial charge is 0.221 e. The number of carbonyl (C=O) groups excluding carboxylic acids is 1. The average Bonchev–Trinajstić information content (AvgIpc) is 2.38. The monoisotopic (exact) mass is 258 g/mol. The molecule has 19 heavy (non-hydrogen) atoms. The quantitative estimate of drug-likeness (QED) is 0.874. The Labute approximate surface area is 110 Å². The van der Waals surface area contributed by atoms with Crippen LogP contribution >= 0.6 is 0 Å². The van der Waals surface area contributed by atoms with Crippen LogP contribution in [-0.4, -0.2) is 23.0 Å². The van der Waals surface area contributed by atoms with Gasteiger partial charge < -0.3 is 15.8 Å². The first-order valence-electron chi connectivity index (χ1n) is 5.63. The summed E-state index contributed by atoms with van der Waals surface area (Å²) in [5, 5.41) is 2.71. The summed E-state index contributed by atoms with van der Waals surface area (Å²) in [5.74, 6) is 0.806. The molecule has 0 aliphatic heterocycles. The number of aromatic nitrogens is 2. The van der Waals surface area contributed by atoms with E-state index in [1.807, 2.05) is 6.07 Å². The highest BCUT2D eigenvalue weighted by Gasteiger charge is 2.08. The van der Waals surface area contributed by atoms with Crippen LogP contribution in [0.5, 0.6) is 5.75 Å². The lowest BCUT2D eigenvalue weighted by Gasteiger charge is -2.10. The van der Waals surface area contributed by atoms with Gasteiger partial charge in [0.2, 0.25) is 5.91 Å². The molecule has 6 heteroatoms. The van der Waals surface area contributed by atoms with E-state index in [-0.39, 0.29) is 5.91 Å². The number of benzene rings is 1. The summed E-state index contributed by atoms with van der Waals surface area (Å²) in [6, 6.07) is 7.05. The lowest BCUT2D eigenvalue weighted by molar-refractivity contribution is -0.114. The van der Waals surface area contributed by atoms with Gasteiger partial charge in [-0.05, 0) is 18.2 Å². The normalized spacial score (nSPS) is 10.0. The van der Waals surface area contributed by atoms with Gasteiger partial charge in [-0.15, -0.1) is 0 Å². The Morgan fingerprint density at radius 3 is 2.74 bits per heavy atom. The molecule has 0 atom stereocenters. The minimum atomic E-state index is -0.169. The maximum atomic E-state index is 11.2. The minimum absolute atomic E-state index is 0.169. The van der Waals surface area contributed by atoms with E-state index in [9.17, 15) is 4.79 Å². The van der Waals surface area contributed by atoms with Crippen LogP contribution in [0.1, 0.15) is 6.92 Å². The summed E-state index contributed by atoms with van der Waals surface area (Å²) in [7, 11) is 1.54. The molecule has 1 amide bonds. The number of carbonyl (C=O) groups is 1. The second-order valence-electron chi connectivity index (χ2n) is 3.92. The van der Waals surface area contributed by atoms with Crippen molar-refractivity contribution in [2.75, 3.05) is 18.2 Å². The maximum absolute atomic E-state index is 11.2. The molecule has 1 heterocycles. The molecule has 1 aromatic carbocycles. The van der Waals surface area contributed by atoms with E-state index in [0.29, 0.717) is 22.9 Å². The van der Waals surface area contributed by atoms with Gasteiger partial charge in [0.1, 0.15) is 17.9 Å². The molecule has 0 saturated carbocycles. The van der Waals surface area contributed by atoms with Crippen LogP contribution in [0.25, 0.3) is 11.3 Å². The third-order valence-electron chi connectivity index (χ3n) is 2.49. The summed E-state index contributed by atoms with van der Waals surface area (Å²) in [6.45, 7) is 1.44. The van der Waals surface area contributed by atoms with Crippen molar-refractivity contribution in [3.8, 4) is 17.0 Å². The highest BCUT2D eigenvalue weighted by molar-refractivity contribution is 5.91. The van der Waals surface area contributed by atoms with Crippen molar-refractivity contribution in [2.45, 2.75) is 6.92 Å². The van der Waals surface area contributed by atoms with Crippen molar-refractivity contribution in [3.63, 3.8) is 0 Å². The molecule has 0 fully saturated rings. The Kier molecular flexibility index (Phi) is 3.61. The Morgan fingerprint density at radius 1 is 1.32 bits per heavy atom. The number of anilines is 2. The second kappa shape index (κ2) is 5.34. The zero-order valence-corrected chi connectivity index (χ0v) is 10.7. The third kappa shape index (κ3) is 2.98. The summed E-state index contributed by atoms with van der Waals surface area (Å²) in [5.41, 5.74) is 7.71. The molecule has 0 bridgehead atoms. The molecule has 6 nitrogen and oxygen atoms in total. The number of nitrogen functional groups attached to an aromatic ring is 1. The molecule has 2 rings (SSSR count). The SMILES string of the molecule is COc1ccc(-c2cc(N)ncn2)cc1NC(C)=O. The Hall–Kier alpha value is -2.63. The van der Waals surface area contributed by atoms with Crippen molar-refractivity contribution in [1.29, 1.82) is 0 Å². The van der Waals surface area contributed by atoms with Gasteiger partial charge in [-0.25, -0.2) is 9.97 Å². The first-order valence-corrected chi connectivity index (χ1v) is 5.63. The van der Waals surface area contributed by atoms with Gasteiger partial charge in [0.15, 0.2) is 0 Å². The number of hydrogen-bond acceptors (Lipinski definition) is 5. The molecule has 0 unspecified atom stereocenters. The van der Waals surface area contributed by atoms with Crippen LogP contribution in [-0.2, 0) is 4.79 Å². The Morgan fingerprint density at radius 2 is 2.11 bits per heavy atom. The van der Waals surface area contributed by atoms with E-state index < -0.39 is 0 Å². The molecule has 0 radical (unpaired) electrons. The van der Waals surface area contributed by atoms with Gasteiger partial charge in [-0.1, -0.05) is 0 Å². The predicted molar refractivity (Wildman–Crippen MR) is 72.7 cm³/mol. The standard InChI is InChI=1S/C13H14N4O2/c1-8(18)17-11-5-9(3-4-12(11)19-2)10-6-13(14)16-7-15-10/h3-7H,1-2H3,(H,17,18)(H2,14,15,16). The van der Waals surface area contributed by atoms with Gasteiger partial charge in [0, 0.05) is 18.6 Å². The van der Waals surface area contributed by atoms with E-state index in [4.69, 9.17) is 10.5 Å². The van der Waals surface area contributed by atoms with Crippen LogP contribution in [0.15, 0.2) is 30.6 Å². The zero-order chi connectivity index (χ0) is 13.8. The van der Waals surface area contributed by atoms with Crippen molar-refractivity contribution < 1.29 is 9.53 Å². The highest BCUT2D eigenvalue weighted by atomic mass is 16.5. The summed E-state index contributed by atoms with van der Waals surface area (Å²) in [6.07, 6.45) is 1.40. The minimum Gasteiger partial charge on any atom is -0.495 e. The molecule has 3 N–H and O–H groups in total. The van der Waals surface area contributed by atoms with Crippen molar-refractivity contribution in [2.24, 2.45) is 0 Å². The number of rotatable bonds is 3. The summed E-state index contributed by atoms with van der Waals surface area (Å²) in [4.78, 5) is 19.2. The molecule has 98 valence electrons. The van der Waals surface area contributed by atoms with Gasteiger partial charge in [-0.3, -0.25) is 4.79 Å². The van der Waals surface area contributed by atoms with Crippen LogP contribution in [0.4, 0.5) is 11.5 Å². The number of hydrogen-bond donors (Lipinski definition) is 2. The molecule has 1 aromatic heterocycles. The molecule has 2 aromatic rings. The van der Waals surface area contributed by atoms with Crippen molar-refractivity contribution >= 4 is 17.4 Å². The molecule has 0 spiro atoms. The van der Waals surface area contributed by atoms with Crippen LogP contribution in [0.3, 0.4) is 0 Å². The van der Waals surface area contributed by atoms with Gasteiger partial charge in [0.05, 0.1) is 18.5 Å². The number of nitrogens with zero attached hydrogens (tertiary/aromatic N) is 2. The van der Waals surface area contributed by atoms with Crippen LogP contribution in [0, 0.1) is 0 Å². The third-order valence-corrected chi connectivity index (χ3v) is 2.49. The lowest BCUT2D eigenvalue weighted by atomic mass is 10.1. The molecular weight excluding hydrogens is 244 g/mol. The fraction of sp³-hybridized carbons (Fsp3) is 0.154. The van der Waals surface area contributed by atoms with E-state index in [0.717, 1.165) is 5.56 Å². The first-order chi connectivity index (χ1) is 9.10. The van der Waals surface area contributed by atoms with E-state index in [2.05, 4.69) is 15.3 Å². The van der Waals surface area contributed by atoms with Crippen LogP contribution in [0.2, 0.25) is 0 Å². The highest BCUT2D eigenvalue weighted by Crippen LogP contribution is 2.30. The number of ether oxygens (including phenoxy) is 1. The molecule has 0 saturated heterocycles. The Balaban J connectivity index is 2.45. The number of nitrogens with two attached hydrogens (primary N) is 1. The van der Waals surface area contributed by atoms with E-state index in [1.54, 1.807) is 25.3 Å². The van der Waals surface area contributed by atoms with E-state index >= 15 is 0 Å². The average molecular weight is 258 g/mol. The zero-order valence-electron chi connectivity index (χ0n) is 10.7. The fourth-order valence-electron chi connectivity index (χ4n) is 1.68. The maximum Gasteiger partial charge on any atom is 0.221 e. The van der Waals surface area contributed by atoms with Gasteiger partial charge >= 0.3 is 0 Å². The van der Waals surface area contributed by atoms with Gasteiger partial charge in [0.25, 0.3) is 0 Å².